The molecule has 0 bridgehead atoms. The van der Waals surface area contributed by atoms with Crippen molar-refractivity contribution in [3.8, 4) is 5.75 Å². The van der Waals surface area contributed by atoms with E-state index < -0.39 is 0 Å². The van der Waals surface area contributed by atoms with Crippen LogP contribution in [0.15, 0.2) is 16.6 Å². The van der Waals surface area contributed by atoms with E-state index in [1.807, 2.05) is 7.05 Å². The summed E-state index contributed by atoms with van der Waals surface area (Å²) in [5.41, 5.74) is 2.70. The van der Waals surface area contributed by atoms with Crippen LogP contribution >= 0.6 is 15.9 Å². The Morgan fingerprint density at radius 3 is 2.68 bits per heavy atom. The van der Waals surface area contributed by atoms with E-state index in [1.165, 1.54) is 15.6 Å². The number of hydrogen-bond donors (Lipinski definition) is 1. The van der Waals surface area contributed by atoms with E-state index in [0.717, 1.165) is 25.2 Å². The van der Waals surface area contributed by atoms with E-state index in [1.54, 1.807) is 0 Å². The maximum atomic E-state index is 5.84. The Morgan fingerprint density at radius 1 is 1.32 bits per heavy atom. The molecule has 0 radical (unpaired) electrons. The van der Waals surface area contributed by atoms with E-state index in [4.69, 9.17) is 4.74 Å². The summed E-state index contributed by atoms with van der Waals surface area (Å²) >= 11 is 3.63. The van der Waals surface area contributed by atoms with Crippen LogP contribution in [0.25, 0.3) is 0 Å². The minimum absolute atomic E-state index is 0.510. The third-order valence-electron chi connectivity index (χ3n) is 4.23. The highest BCUT2D eigenvalue weighted by Gasteiger charge is 2.24. The van der Waals surface area contributed by atoms with Gasteiger partial charge in [-0.15, -0.1) is 0 Å². The second-order valence-corrected chi connectivity index (χ2v) is 6.76. The van der Waals surface area contributed by atoms with Crippen molar-refractivity contribution in [2.75, 3.05) is 13.7 Å². The molecule has 1 aromatic carbocycles. The molecule has 1 N–H and O–H groups in total. The lowest BCUT2D eigenvalue weighted by Gasteiger charge is -2.28. The van der Waals surface area contributed by atoms with Crippen LogP contribution in [0.2, 0.25) is 0 Å². The summed E-state index contributed by atoms with van der Waals surface area (Å²) in [4.78, 5) is 0. The zero-order valence-corrected chi connectivity index (χ0v) is 13.9. The molecule has 2 rings (SSSR count). The first-order chi connectivity index (χ1) is 9.02. The van der Waals surface area contributed by atoms with Crippen LogP contribution < -0.4 is 10.1 Å². The van der Waals surface area contributed by atoms with Gasteiger partial charge in [-0.3, -0.25) is 0 Å². The molecule has 1 aliphatic rings. The molecular formula is C16H24BrNO. The summed E-state index contributed by atoms with van der Waals surface area (Å²) in [6, 6.07) is 4.93. The van der Waals surface area contributed by atoms with Crippen LogP contribution in [0.3, 0.4) is 0 Å². The summed E-state index contributed by atoms with van der Waals surface area (Å²) in [5, 5.41) is 3.40. The molecule has 2 nitrogen and oxygen atoms in total. The van der Waals surface area contributed by atoms with Crippen LogP contribution in [-0.2, 0) is 12.8 Å². The van der Waals surface area contributed by atoms with Crippen molar-refractivity contribution in [3.63, 3.8) is 0 Å². The van der Waals surface area contributed by atoms with Gasteiger partial charge in [0.1, 0.15) is 5.75 Å². The molecule has 1 aliphatic heterocycles. The number of nitrogens with one attached hydrogen (secondary N) is 1. The van der Waals surface area contributed by atoms with Gasteiger partial charge in [-0.1, -0.05) is 29.8 Å². The van der Waals surface area contributed by atoms with Gasteiger partial charge in [0.25, 0.3) is 0 Å². The van der Waals surface area contributed by atoms with Crippen LogP contribution in [0.1, 0.15) is 31.9 Å². The molecule has 19 heavy (non-hydrogen) atoms. The van der Waals surface area contributed by atoms with Gasteiger partial charge in [0, 0.05) is 16.9 Å². The first-order valence-corrected chi connectivity index (χ1v) is 7.93. The zero-order valence-electron chi connectivity index (χ0n) is 12.3. The molecule has 2 atom stereocenters. The largest absolute Gasteiger partial charge is 0.493 e. The lowest BCUT2D eigenvalue weighted by atomic mass is 9.83. The molecule has 0 aromatic heterocycles. The standard InChI is InChI=1S/C16H24BrNO/c1-10(2)15(11(3)18-4)9-13-8-14(17)7-12-5-6-19-16(12)13/h7-8,10-11,15,18H,5-6,9H2,1-4H3. The molecule has 3 heteroatoms. The minimum atomic E-state index is 0.510. The summed E-state index contributed by atoms with van der Waals surface area (Å²) in [7, 11) is 2.04. The van der Waals surface area contributed by atoms with Crippen LogP contribution in [-0.4, -0.2) is 19.7 Å². The number of rotatable bonds is 5. The van der Waals surface area contributed by atoms with Crippen molar-refractivity contribution in [2.24, 2.45) is 11.8 Å². The number of hydrogen-bond acceptors (Lipinski definition) is 2. The minimum Gasteiger partial charge on any atom is -0.493 e. The fraction of sp³-hybridized carbons (Fsp3) is 0.625. The predicted octanol–water partition coefficient (Wildman–Crippen LogP) is 3.81. The zero-order chi connectivity index (χ0) is 14.0. The fourth-order valence-corrected chi connectivity index (χ4v) is 3.51. The molecule has 1 heterocycles. The number of fused-ring (bicyclic) bond motifs is 1. The quantitative estimate of drug-likeness (QED) is 0.888. The van der Waals surface area contributed by atoms with Crippen LogP contribution in [0.5, 0.6) is 5.75 Å². The van der Waals surface area contributed by atoms with Crippen LogP contribution in [0.4, 0.5) is 0 Å². The summed E-state index contributed by atoms with van der Waals surface area (Å²) in [6.45, 7) is 7.70. The van der Waals surface area contributed by atoms with E-state index in [2.05, 4.69) is 54.2 Å². The highest BCUT2D eigenvalue weighted by molar-refractivity contribution is 9.10. The third-order valence-corrected chi connectivity index (χ3v) is 4.69. The fourth-order valence-electron chi connectivity index (χ4n) is 2.96. The summed E-state index contributed by atoms with van der Waals surface area (Å²) in [6.07, 6.45) is 2.11. The molecule has 2 unspecified atom stereocenters. The number of benzene rings is 1. The second kappa shape index (κ2) is 6.27. The van der Waals surface area contributed by atoms with Gasteiger partial charge in [-0.2, -0.15) is 0 Å². The molecule has 0 saturated heterocycles. The van der Waals surface area contributed by atoms with Crippen molar-refractivity contribution in [3.05, 3.63) is 27.7 Å². The lowest BCUT2D eigenvalue weighted by Crippen LogP contribution is -2.35. The average molecular weight is 326 g/mol. The van der Waals surface area contributed by atoms with Gasteiger partial charge in [-0.05, 0) is 55.5 Å². The van der Waals surface area contributed by atoms with Crippen molar-refractivity contribution in [2.45, 2.75) is 39.7 Å². The topological polar surface area (TPSA) is 21.3 Å². The van der Waals surface area contributed by atoms with Crippen molar-refractivity contribution in [1.82, 2.24) is 5.32 Å². The maximum Gasteiger partial charge on any atom is 0.125 e. The molecule has 0 amide bonds. The van der Waals surface area contributed by atoms with Crippen molar-refractivity contribution < 1.29 is 4.74 Å². The number of halogens is 1. The molecule has 0 fully saturated rings. The summed E-state index contributed by atoms with van der Waals surface area (Å²) in [5.74, 6) is 2.41. The Balaban J connectivity index is 2.27. The SMILES string of the molecule is CNC(C)C(Cc1cc(Br)cc2c1OCC2)C(C)C. The third kappa shape index (κ3) is 3.32. The highest BCUT2D eigenvalue weighted by atomic mass is 79.9. The highest BCUT2D eigenvalue weighted by Crippen LogP contribution is 2.35. The van der Waals surface area contributed by atoms with Gasteiger partial charge in [0.15, 0.2) is 0 Å². The Morgan fingerprint density at radius 2 is 2.05 bits per heavy atom. The van der Waals surface area contributed by atoms with Gasteiger partial charge < -0.3 is 10.1 Å². The van der Waals surface area contributed by atoms with E-state index in [9.17, 15) is 0 Å². The Labute approximate surface area is 125 Å². The van der Waals surface area contributed by atoms with Crippen molar-refractivity contribution >= 4 is 15.9 Å². The maximum absolute atomic E-state index is 5.84. The van der Waals surface area contributed by atoms with Gasteiger partial charge in [0.2, 0.25) is 0 Å². The van der Waals surface area contributed by atoms with E-state index >= 15 is 0 Å². The monoisotopic (exact) mass is 325 g/mol. The molecule has 0 saturated carbocycles. The molecule has 0 spiro atoms. The van der Waals surface area contributed by atoms with Crippen LogP contribution in [0, 0.1) is 11.8 Å². The Bertz CT molecular complexity index is 445. The first kappa shape index (κ1) is 14.9. The normalized spacial score (nSPS) is 17.2. The lowest BCUT2D eigenvalue weighted by molar-refractivity contribution is 0.293. The molecular weight excluding hydrogens is 302 g/mol. The Kier molecular flexibility index (Phi) is 4.91. The average Bonchev–Trinajstić information content (AvgIpc) is 2.82. The van der Waals surface area contributed by atoms with Gasteiger partial charge in [0.05, 0.1) is 6.61 Å². The molecule has 106 valence electrons. The molecule has 1 aromatic rings. The Hall–Kier alpha value is -0.540. The summed E-state index contributed by atoms with van der Waals surface area (Å²) < 4.78 is 7.01. The second-order valence-electron chi connectivity index (χ2n) is 5.84. The predicted molar refractivity (Wildman–Crippen MR) is 83.9 cm³/mol. The smallest absolute Gasteiger partial charge is 0.125 e. The van der Waals surface area contributed by atoms with E-state index in [-0.39, 0.29) is 0 Å². The van der Waals surface area contributed by atoms with Crippen molar-refractivity contribution in [1.29, 1.82) is 0 Å². The number of ether oxygens (including phenoxy) is 1. The van der Waals surface area contributed by atoms with Gasteiger partial charge in [-0.25, -0.2) is 0 Å². The van der Waals surface area contributed by atoms with E-state index in [0.29, 0.717) is 17.9 Å². The van der Waals surface area contributed by atoms with Gasteiger partial charge >= 0.3 is 0 Å². The molecule has 0 aliphatic carbocycles. The first-order valence-electron chi connectivity index (χ1n) is 7.14.